The summed E-state index contributed by atoms with van der Waals surface area (Å²) in [5.41, 5.74) is 4.13. The Labute approximate surface area is 191 Å². The molecule has 162 valence electrons. The number of aromatic nitrogens is 2. The third-order valence-electron chi connectivity index (χ3n) is 4.29. The molecule has 0 aliphatic carbocycles. The average Bonchev–Trinajstić information content (AvgIpc) is 2.96. The van der Waals surface area contributed by atoms with Crippen molar-refractivity contribution in [2.75, 3.05) is 18.6 Å². The van der Waals surface area contributed by atoms with Gasteiger partial charge in [0.25, 0.3) is 0 Å². The number of benzene rings is 1. The SMILES string of the molecule is CCNC(=NCc1ccccc1-n1nc(C)cc1C)NC(C)CCS(C)(=O)=O.I. The van der Waals surface area contributed by atoms with E-state index in [1.807, 2.05) is 56.6 Å². The van der Waals surface area contributed by atoms with E-state index in [1.165, 1.54) is 6.26 Å². The highest BCUT2D eigenvalue weighted by atomic mass is 127. The van der Waals surface area contributed by atoms with Crippen molar-refractivity contribution in [2.45, 2.75) is 46.7 Å². The molecule has 0 aliphatic rings. The van der Waals surface area contributed by atoms with Crippen molar-refractivity contribution in [3.63, 3.8) is 0 Å². The highest BCUT2D eigenvalue weighted by Gasteiger charge is 2.11. The maximum absolute atomic E-state index is 11.4. The zero-order valence-corrected chi connectivity index (χ0v) is 20.9. The molecule has 0 bridgehead atoms. The Balaban J connectivity index is 0.00000420. The number of nitrogens with zero attached hydrogens (tertiary/aromatic N) is 3. The molecule has 0 amide bonds. The van der Waals surface area contributed by atoms with Gasteiger partial charge in [-0.3, -0.25) is 0 Å². The molecule has 1 heterocycles. The zero-order chi connectivity index (χ0) is 20.7. The second-order valence-electron chi connectivity index (χ2n) is 7.13. The Morgan fingerprint density at radius 1 is 1.28 bits per heavy atom. The van der Waals surface area contributed by atoms with Gasteiger partial charge in [0.1, 0.15) is 9.84 Å². The Morgan fingerprint density at radius 2 is 1.97 bits per heavy atom. The topological polar surface area (TPSA) is 88.4 Å². The number of sulfone groups is 1. The molecule has 2 aromatic rings. The summed E-state index contributed by atoms with van der Waals surface area (Å²) in [6, 6.07) is 10.1. The van der Waals surface area contributed by atoms with Crippen LogP contribution in [0.15, 0.2) is 35.3 Å². The first-order chi connectivity index (χ1) is 13.2. The summed E-state index contributed by atoms with van der Waals surface area (Å²) in [7, 11) is -2.97. The first kappa shape index (κ1) is 25.4. The second kappa shape index (κ2) is 11.5. The molecule has 1 atom stereocenters. The molecule has 9 heteroatoms. The van der Waals surface area contributed by atoms with Crippen LogP contribution in [0, 0.1) is 13.8 Å². The van der Waals surface area contributed by atoms with Crippen LogP contribution in [0.4, 0.5) is 0 Å². The van der Waals surface area contributed by atoms with Crippen molar-refractivity contribution in [2.24, 2.45) is 4.99 Å². The molecule has 0 fully saturated rings. The number of halogens is 1. The summed E-state index contributed by atoms with van der Waals surface area (Å²) >= 11 is 0. The van der Waals surface area contributed by atoms with Crippen LogP contribution in [-0.2, 0) is 16.4 Å². The molecule has 1 aromatic heterocycles. The standard InChI is InChI=1S/C20H31N5O2S.HI/c1-6-21-20(23-15(2)11-12-28(5,26)27)22-14-18-9-7-8-10-19(18)25-17(4)13-16(3)24-25;/h7-10,13,15H,6,11-12,14H2,1-5H3,(H2,21,22,23);1H. The smallest absolute Gasteiger partial charge is 0.191 e. The Kier molecular flexibility index (Phi) is 10.1. The fourth-order valence-electron chi connectivity index (χ4n) is 2.90. The van der Waals surface area contributed by atoms with E-state index in [0.29, 0.717) is 18.9 Å². The van der Waals surface area contributed by atoms with Crippen LogP contribution in [0.3, 0.4) is 0 Å². The minimum absolute atomic E-state index is 0. The van der Waals surface area contributed by atoms with Crippen LogP contribution in [0.25, 0.3) is 5.69 Å². The number of nitrogens with one attached hydrogen (secondary N) is 2. The molecule has 7 nitrogen and oxygen atoms in total. The van der Waals surface area contributed by atoms with E-state index in [9.17, 15) is 8.42 Å². The number of hydrogen-bond acceptors (Lipinski definition) is 4. The predicted molar refractivity (Wildman–Crippen MR) is 130 cm³/mol. The number of rotatable bonds is 8. The van der Waals surface area contributed by atoms with Crippen LogP contribution in [0.5, 0.6) is 0 Å². The van der Waals surface area contributed by atoms with Crippen LogP contribution < -0.4 is 10.6 Å². The Bertz CT molecular complexity index is 925. The van der Waals surface area contributed by atoms with Gasteiger partial charge in [-0.1, -0.05) is 18.2 Å². The van der Waals surface area contributed by atoms with Gasteiger partial charge in [-0.2, -0.15) is 5.10 Å². The molecule has 2 rings (SSSR count). The lowest BCUT2D eigenvalue weighted by Crippen LogP contribution is -2.42. The molecule has 0 saturated carbocycles. The predicted octanol–water partition coefficient (Wildman–Crippen LogP) is 2.99. The summed E-state index contributed by atoms with van der Waals surface area (Å²) < 4.78 is 24.7. The van der Waals surface area contributed by atoms with Crippen LogP contribution in [0.2, 0.25) is 0 Å². The van der Waals surface area contributed by atoms with Gasteiger partial charge in [0.05, 0.1) is 23.7 Å². The maximum Gasteiger partial charge on any atom is 0.191 e. The van der Waals surface area contributed by atoms with E-state index in [1.54, 1.807) is 0 Å². The Hall–Kier alpha value is -1.62. The zero-order valence-electron chi connectivity index (χ0n) is 17.8. The second-order valence-corrected chi connectivity index (χ2v) is 9.39. The summed E-state index contributed by atoms with van der Waals surface area (Å²) in [6.07, 6.45) is 1.79. The van der Waals surface area contributed by atoms with Crippen LogP contribution >= 0.6 is 24.0 Å². The minimum atomic E-state index is -2.97. The van der Waals surface area contributed by atoms with Crippen LogP contribution in [0.1, 0.15) is 37.2 Å². The number of guanidine groups is 1. The molecule has 29 heavy (non-hydrogen) atoms. The van der Waals surface area contributed by atoms with E-state index in [-0.39, 0.29) is 35.8 Å². The van der Waals surface area contributed by atoms with Crippen LogP contribution in [-0.4, -0.2) is 48.8 Å². The third-order valence-corrected chi connectivity index (χ3v) is 5.26. The molecular weight excluding hydrogens is 501 g/mol. The van der Waals surface area contributed by atoms with Crippen molar-refractivity contribution >= 4 is 39.8 Å². The van der Waals surface area contributed by atoms with Gasteiger partial charge in [0.15, 0.2) is 5.96 Å². The van der Waals surface area contributed by atoms with Gasteiger partial charge in [0.2, 0.25) is 0 Å². The fraction of sp³-hybridized carbons (Fsp3) is 0.500. The lowest BCUT2D eigenvalue weighted by molar-refractivity contribution is 0.581. The van der Waals surface area contributed by atoms with E-state index in [0.717, 1.165) is 29.2 Å². The largest absolute Gasteiger partial charge is 0.357 e. The van der Waals surface area contributed by atoms with Gasteiger partial charge in [-0.05, 0) is 51.8 Å². The average molecular weight is 533 g/mol. The highest BCUT2D eigenvalue weighted by molar-refractivity contribution is 14.0. The maximum atomic E-state index is 11.4. The van der Waals surface area contributed by atoms with Gasteiger partial charge >= 0.3 is 0 Å². The van der Waals surface area contributed by atoms with Crippen molar-refractivity contribution in [1.82, 2.24) is 20.4 Å². The van der Waals surface area contributed by atoms with E-state index in [4.69, 9.17) is 4.99 Å². The van der Waals surface area contributed by atoms with Crippen molar-refractivity contribution in [3.8, 4) is 5.69 Å². The quantitative estimate of drug-likeness (QED) is 0.310. The molecular formula is C20H32IN5O2S. The van der Waals surface area contributed by atoms with Gasteiger partial charge in [0, 0.05) is 24.5 Å². The van der Waals surface area contributed by atoms with Crippen molar-refractivity contribution < 1.29 is 8.42 Å². The summed E-state index contributed by atoms with van der Waals surface area (Å²) in [4.78, 5) is 4.69. The lowest BCUT2D eigenvalue weighted by Gasteiger charge is -2.18. The number of para-hydroxylation sites is 1. The number of aliphatic imine (C=N–C) groups is 1. The lowest BCUT2D eigenvalue weighted by atomic mass is 10.2. The van der Waals surface area contributed by atoms with Gasteiger partial charge in [-0.25, -0.2) is 18.1 Å². The molecule has 2 N–H and O–H groups in total. The minimum Gasteiger partial charge on any atom is -0.357 e. The normalized spacial score (nSPS) is 12.9. The monoisotopic (exact) mass is 533 g/mol. The molecule has 1 unspecified atom stereocenters. The fourth-order valence-corrected chi connectivity index (χ4v) is 3.69. The third kappa shape index (κ3) is 8.33. The first-order valence-electron chi connectivity index (χ1n) is 9.53. The van der Waals surface area contributed by atoms with E-state index < -0.39 is 9.84 Å². The summed E-state index contributed by atoms with van der Waals surface area (Å²) in [5.74, 6) is 0.827. The molecule has 0 spiro atoms. The van der Waals surface area contributed by atoms with E-state index >= 15 is 0 Å². The number of aryl methyl sites for hydroxylation is 2. The Morgan fingerprint density at radius 3 is 2.55 bits per heavy atom. The van der Waals surface area contributed by atoms with Gasteiger partial charge < -0.3 is 10.6 Å². The molecule has 0 radical (unpaired) electrons. The molecule has 1 aromatic carbocycles. The summed E-state index contributed by atoms with van der Waals surface area (Å²) in [6.45, 7) is 9.20. The highest BCUT2D eigenvalue weighted by Crippen LogP contribution is 2.17. The van der Waals surface area contributed by atoms with E-state index in [2.05, 4.69) is 21.8 Å². The first-order valence-corrected chi connectivity index (χ1v) is 11.6. The molecule has 0 saturated heterocycles. The van der Waals surface area contributed by atoms with Gasteiger partial charge in [-0.15, -0.1) is 24.0 Å². The summed E-state index contributed by atoms with van der Waals surface area (Å²) in [5, 5.41) is 11.1. The van der Waals surface area contributed by atoms with Crippen molar-refractivity contribution in [1.29, 1.82) is 0 Å². The molecule has 0 aliphatic heterocycles. The van der Waals surface area contributed by atoms with Crippen molar-refractivity contribution in [3.05, 3.63) is 47.3 Å². The number of hydrogen-bond donors (Lipinski definition) is 2.